The van der Waals surface area contributed by atoms with Crippen LogP contribution < -0.4 is 5.32 Å². The molecule has 0 aromatic carbocycles. The van der Waals surface area contributed by atoms with E-state index < -0.39 is 0 Å². The van der Waals surface area contributed by atoms with Crippen molar-refractivity contribution in [3.8, 4) is 0 Å². The minimum atomic E-state index is 0.498. The number of nitrogens with one attached hydrogen (secondary N) is 1. The summed E-state index contributed by atoms with van der Waals surface area (Å²) in [6, 6.07) is 0. The van der Waals surface area contributed by atoms with E-state index in [4.69, 9.17) is 4.74 Å². The summed E-state index contributed by atoms with van der Waals surface area (Å²) < 4.78 is 5.52. The fourth-order valence-electron chi connectivity index (χ4n) is 2.45. The van der Waals surface area contributed by atoms with E-state index in [1.165, 1.54) is 58.2 Å². The van der Waals surface area contributed by atoms with Crippen molar-refractivity contribution in [2.75, 3.05) is 39.8 Å². The normalized spacial score (nSPS) is 19.4. The zero-order chi connectivity index (χ0) is 12.3. The lowest BCUT2D eigenvalue weighted by atomic mass is 10.1. The molecular formula is C14H30N2O. The van der Waals surface area contributed by atoms with Gasteiger partial charge in [0, 0.05) is 33.3 Å². The Morgan fingerprint density at radius 2 is 1.82 bits per heavy atom. The highest BCUT2D eigenvalue weighted by molar-refractivity contribution is 4.67. The van der Waals surface area contributed by atoms with Gasteiger partial charge in [0.15, 0.2) is 0 Å². The second-order valence-corrected chi connectivity index (χ2v) is 5.09. The summed E-state index contributed by atoms with van der Waals surface area (Å²) in [6.45, 7) is 8.30. The van der Waals surface area contributed by atoms with Gasteiger partial charge in [-0.15, -0.1) is 0 Å². The van der Waals surface area contributed by atoms with Crippen molar-refractivity contribution in [1.29, 1.82) is 0 Å². The summed E-state index contributed by atoms with van der Waals surface area (Å²) in [6.07, 6.45) is 8.19. The molecule has 0 aliphatic carbocycles. The van der Waals surface area contributed by atoms with Crippen LogP contribution in [0.3, 0.4) is 0 Å². The highest BCUT2D eigenvalue weighted by Crippen LogP contribution is 2.12. The molecule has 1 rings (SSSR count). The van der Waals surface area contributed by atoms with Crippen LogP contribution in [0.15, 0.2) is 0 Å². The van der Waals surface area contributed by atoms with Gasteiger partial charge in [0.25, 0.3) is 0 Å². The Hall–Kier alpha value is -0.120. The average molecular weight is 242 g/mol. The molecule has 102 valence electrons. The zero-order valence-electron chi connectivity index (χ0n) is 11.7. The van der Waals surface area contributed by atoms with E-state index >= 15 is 0 Å². The Balaban J connectivity index is 1.97. The van der Waals surface area contributed by atoms with Crippen molar-refractivity contribution in [2.45, 2.75) is 51.6 Å². The Bertz CT molecular complexity index is 170. The molecule has 1 N–H and O–H groups in total. The first kappa shape index (κ1) is 14.9. The molecule has 1 saturated heterocycles. The standard InChI is InChI=1S/C14H30N2O/c1-3-4-7-14(17-2)8-5-6-11-16-12-9-15-10-13-16/h14-15H,3-13H2,1-2H3/t14-/m0/s1. The van der Waals surface area contributed by atoms with Crippen molar-refractivity contribution in [3.05, 3.63) is 0 Å². The number of unbranched alkanes of at least 4 members (excludes halogenated alkanes) is 2. The molecule has 0 radical (unpaired) electrons. The molecule has 0 aromatic rings. The number of ether oxygens (including phenoxy) is 1. The maximum Gasteiger partial charge on any atom is 0.0571 e. The monoisotopic (exact) mass is 242 g/mol. The Morgan fingerprint density at radius 1 is 1.12 bits per heavy atom. The Labute approximate surface area is 107 Å². The van der Waals surface area contributed by atoms with Crippen molar-refractivity contribution < 1.29 is 4.74 Å². The summed E-state index contributed by atoms with van der Waals surface area (Å²) in [5.74, 6) is 0. The molecular weight excluding hydrogens is 212 g/mol. The van der Waals surface area contributed by atoms with Gasteiger partial charge in [-0.2, -0.15) is 0 Å². The molecule has 0 spiro atoms. The van der Waals surface area contributed by atoms with Crippen LogP contribution in [0.2, 0.25) is 0 Å². The van der Waals surface area contributed by atoms with Crippen molar-refractivity contribution in [1.82, 2.24) is 10.2 Å². The predicted octanol–water partition coefficient (Wildman–Crippen LogP) is 2.27. The van der Waals surface area contributed by atoms with Crippen LogP contribution in [0.1, 0.15) is 45.4 Å². The van der Waals surface area contributed by atoms with Crippen LogP contribution in [0, 0.1) is 0 Å². The van der Waals surface area contributed by atoms with Crippen molar-refractivity contribution in [2.24, 2.45) is 0 Å². The maximum atomic E-state index is 5.52. The van der Waals surface area contributed by atoms with Crippen LogP contribution in [0.25, 0.3) is 0 Å². The second kappa shape index (κ2) is 9.86. The Morgan fingerprint density at radius 3 is 2.47 bits per heavy atom. The van der Waals surface area contributed by atoms with Gasteiger partial charge >= 0.3 is 0 Å². The Kier molecular flexibility index (Phi) is 8.67. The van der Waals surface area contributed by atoms with Gasteiger partial charge < -0.3 is 15.0 Å². The van der Waals surface area contributed by atoms with Crippen molar-refractivity contribution in [3.63, 3.8) is 0 Å². The van der Waals surface area contributed by atoms with Gasteiger partial charge in [0.1, 0.15) is 0 Å². The average Bonchev–Trinajstić information content (AvgIpc) is 2.39. The lowest BCUT2D eigenvalue weighted by molar-refractivity contribution is 0.0827. The molecule has 1 aliphatic heterocycles. The van der Waals surface area contributed by atoms with Crippen LogP contribution in [-0.4, -0.2) is 50.8 Å². The van der Waals surface area contributed by atoms with Gasteiger partial charge in [-0.05, 0) is 32.2 Å². The maximum absolute atomic E-state index is 5.52. The third kappa shape index (κ3) is 7.02. The third-order valence-corrected chi connectivity index (χ3v) is 3.67. The molecule has 0 bridgehead atoms. The number of hydrogen-bond donors (Lipinski definition) is 1. The van der Waals surface area contributed by atoms with E-state index in [-0.39, 0.29) is 0 Å². The second-order valence-electron chi connectivity index (χ2n) is 5.09. The van der Waals surface area contributed by atoms with E-state index in [0.29, 0.717) is 6.10 Å². The first-order valence-electron chi connectivity index (χ1n) is 7.32. The number of methoxy groups -OCH3 is 1. The fraction of sp³-hybridized carbons (Fsp3) is 1.00. The first-order chi connectivity index (χ1) is 8.36. The van der Waals surface area contributed by atoms with Crippen LogP contribution in [0.5, 0.6) is 0 Å². The predicted molar refractivity (Wildman–Crippen MR) is 73.5 cm³/mol. The smallest absolute Gasteiger partial charge is 0.0571 e. The summed E-state index contributed by atoms with van der Waals surface area (Å²) in [5.41, 5.74) is 0. The summed E-state index contributed by atoms with van der Waals surface area (Å²) in [7, 11) is 1.86. The molecule has 1 fully saturated rings. The topological polar surface area (TPSA) is 24.5 Å². The number of nitrogens with zero attached hydrogens (tertiary/aromatic N) is 1. The third-order valence-electron chi connectivity index (χ3n) is 3.67. The minimum absolute atomic E-state index is 0.498. The number of hydrogen-bond acceptors (Lipinski definition) is 3. The lowest BCUT2D eigenvalue weighted by Gasteiger charge is -2.27. The van der Waals surface area contributed by atoms with Gasteiger partial charge in [-0.25, -0.2) is 0 Å². The van der Waals surface area contributed by atoms with E-state index in [1.54, 1.807) is 0 Å². The van der Waals surface area contributed by atoms with Gasteiger partial charge in [-0.3, -0.25) is 0 Å². The molecule has 1 atom stereocenters. The molecule has 17 heavy (non-hydrogen) atoms. The van der Waals surface area contributed by atoms with E-state index in [0.717, 1.165) is 13.1 Å². The summed E-state index contributed by atoms with van der Waals surface area (Å²) in [5, 5.41) is 3.39. The molecule has 1 aliphatic rings. The van der Waals surface area contributed by atoms with E-state index in [2.05, 4.69) is 17.1 Å². The molecule has 0 aromatic heterocycles. The minimum Gasteiger partial charge on any atom is -0.381 e. The highest BCUT2D eigenvalue weighted by atomic mass is 16.5. The lowest BCUT2D eigenvalue weighted by Crippen LogP contribution is -2.43. The van der Waals surface area contributed by atoms with Crippen LogP contribution >= 0.6 is 0 Å². The molecule has 1 heterocycles. The largest absolute Gasteiger partial charge is 0.381 e. The molecule has 3 nitrogen and oxygen atoms in total. The van der Waals surface area contributed by atoms with Crippen molar-refractivity contribution >= 4 is 0 Å². The molecule has 0 unspecified atom stereocenters. The van der Waals surface area contributed by atoms with Gasteiger partial charge in [0.2, 0.25) is 0 Å². The molecule has 0 saturated carbocycles. The molecule has 3 heteroatoms. The van der Waals surface area contributed by atoms with Gasteiger partial charge in [0.05, 0.1) is 6.10 Å². The first-order valence-corrected chi connectivity index (χ1v) is 7.32. The molecule has 0 amide bonds. The van der Waals surface area contributed by atoms with E-state index in [9.17, 15) is 0 Å². The summed E-state index contributed by atoms with van der Waals surface area (Å²) >= 11 is 0. The number of piperazine rings is 1. The van der Waals surface area contributed by atoms with Crippen LogP contribution in [-0.2, 0) is 4.74 Å². The van der Waals surface area contributed by atoms with Gasteiger partial charge in [-0.1, -0.05) is 19.8 Å². The fourth-order valence-corrected chi connectivity index (χ4v) is 2.45. The SMILES string of the molecule is CCCC[C@@H](CCCCN1CCNCC1)OC. The van der Waals surface area contributed by atoms with Crippen LogP contribution in [0.4, 0.5) is 0 Å². The zero-order valence-corrected chi connectivity index (χ0v) is 11.7. The quantitative estimate of drug-likeness (QED) is 0.628. The van der Waals surface area contributed by atoms with E-state index in [1.807, 2.05) is 7.11 Å². The summed E-state index contributed by atoms with van der Waals surface area (Å²) in [4.78, 5) is 2.57. The highest BCUT2D eigenvalue weighted by Gasteiger charge is 2.10. The number of rotatable bonds is 9.